The Hall–Kier alpha value is -2.98. The maximum Gasteiger partial charge on any atom is 0.248 e. The van der Waals surface area contributed by atoms with Crippen molar-refractivity contribution in [1.29, 1.82) is 5.26 Å². The highest BCUT2D eigenvalue weighted by Crippen LogP contribution is 2.26. The molecule has 0 aliphatic carbocycles. The van der Waals surface area contributed by atoms with Crippen LogP contribution in [0.4, 0.5) is 5.82 Å². The van der Waals surface area contributed by atoms with E-state index in [1.165, 1.54) is 5.56 Å². The second-order valence-corrected chi connectivity index (χ2v) is 9.95. The van der Waals surface area contributed by atoms with Crippen molar-refractivity contribution in [2.45, 2.75) is 53.5 Å². The summed E-state index contributed by atoms with van der Waals surface area (Å²) >= 11 is 0. The molecule has 0 aliphatic heterocycles. The monoisotopic (exact) mass is 422 g/mol. The van der Waals surface area contributed by atoms with Crippen LogP contribution in [-0.4, -0.2) is 41.4 Å². The Bertz CT molecular complexity index is 952. The van der Waals surface area contributed by atoms with E-state index in [4.69, 9.17) is 0 Å². The molecule has 1 amide bonds. The minimum absolute atomic E-state index is 0.0823. The predicted octanol–water partition coefficient (Wildman–Crippen LogP) is 3.58. The van der Waals surface area contributed by atoms with Gasteiger partial charge in [0.2, 0.25) is 11.7 Å². The first-order valence-corrected chi connectivity index (χ1v) is 10.4. The third-order valence-corrected chi connectivity index (χ3v) is 4.83. The molecule has 0 radical (unpaired) electrons. The van der Waals surface area contributed by atoms with Crippen molar-refractivity contribution in [3.8, 4) is 6.07 Å². The van der Waals surface area contributed by atoms with Crippen molar-refractivity contribution < 1.29 is 4.79 Å². The molecule has 1 N–H and O–H groups in total. The van der Waals surface area contributed by atoms with E-state index in [1.54, 1.807) is 11.1 Å². The van der Waals surface area contributed by atoms with Crippen molar-refractivity contribution in [1.82, 2.24) is 20.3 Å². The smallest absolute Gasteiger partial charge is 0.248 e. The van der Waals surface area contributed by atoms with Crippen molar-refractivity contribution in [2.24, 2.45) is 5.41 Å². The summed E-state index contributed by atoms with van der Waals surface area (Å²) in [5, 5.41) is 11.0. The summed E-state index contributed by atoms with van der Waals surface area (Å²) in [7, 11) is 4.06. The number of carbonyl (C=O) groups excluding carboxylic acids is 1. The maximum atomic E-state index is 13.4. The summed E-state index contributed by atoms with van der Waals surface area (Å²) in [4.78, 5) is 23.9. The van der Waals surface area contributed by atoms with Gasteiger partial charge in [-0.1, -0.05) is 45.0 Å². The van der Waals surface area contributed by atoms with Crippen LogP contribution in [-0.2, 0) is 16.8 Å². The zero-order chi connectivity index (χ0) is 23.4. The van der Waals surface area contributed by atoms with Crippen molar-refractivity contribution >= 4 is 11.7 Å². The third kappa shape index (κ3) is 6.76. The van der Waals surface area contributed by atoms with E-state index in [1.807, 2.05) is 53.1 Å². The Morgan fingerprint density at radius 3 is 2.23 bits per heavy atom. The molecule has 0 saturated heterocycles. The van der Waals surface area contributed by atoms with Crippen LogP contribution in [0, 0.1) is 23.7 Å². The molecule has 7 heteroatoms. The lowest BCUT2D eigenvalue weighted by Gasteiger charge is -2.34. The van der Waals surface area contributed by atoms with E-state index in [9.17, 15) is 10.1 Å². The molecule has 1 heterocycles. The normalized spacial score (nSPS) is 11.9. The Labute approximate surface area is 186 Å². The summed E-state index contributed by atoms with van der Waals surface area (Å²) < 4.78 is 0. The Balaban J connectivity index is 2.32. The van der Waals surface area contributed by atoms with Crippen molar-refractivity contribution in [2.75, 3.05) is 25.6 Å². The summed E-state index contributed by atoms with van der Waals surface area (Å²) in [5.74, 6) is 0.440. The molecular weight excluding hydrogens is 388 g/mol. The van der Waals surface area contributed by atoms with Gasteiger partial charge >= 0.3 is 0 Å². The number of aromatic nitrogens is 2. The lowest BCUT2D eigenvalue weighted by atomic mass is 9.83. The fourth-order valence-electron chi connectivity index (χ4n) is 3.18. The zero-order valence-electron chi connectivity index (χ0n) is 19.9. The number of aryl methyl sites for hydroxylation is 1. The highest BCUT2D eigenvalue weighted by atomic mass is 16.2. The van der Waals surface area contributed by atoms with Gasteiger partial charge in [-0.15, -0.1) is 0 Å². The number of carbonyl (C=O) groups is 1. The van der Waals surface area contributed by atoms with Crippen LogP contribution in [0.15, 0.2) is 30.3 Å². The maximum absolute atomic E-state index is 13.4. The first kappa shape index (κ1) is 24.3. The second kappa shape index (κ2) is 9.44. The summed E-state index contributed by atoms with van der Waals surface area (Å²) in [6.07, 6.45) is 0. The quantitative estimate of drug-likeness (QED) is 0.687. The summed E-state index contributed by atoms with van der Waals surface area (Å²) in [6, 6.07) is 11.9. The van der Waals surface area contributed by atoms with Crippen LogP contribution in [0.5, 0.6) is 0 Å². The Morgan fingerprint density at radius 2 is 1.71 bits per heavy atom. The molecule has 1 aromatic carbocycles. The predicted molar refractivity (Wildman–Crippen MR) is 123 cm³/mol. The number of hydrogen-bond acceptors (Lipinski definition) is 6. The number of anilines is 1. The topological polar surface area (TPSA) is 85.2 Å². The van der Waals surface area contributed by atoms with Gasteiger partial charge in [-0.25, -0.2) is 4.98 Å². The van der Waals surface area contributed by atoms with E-state index in [-0.39, 0.29) is 17.1 Å². The molecule has 31 heavy (non-hydrogen) atoms. The number of benzene rings is 1. The van der Waals surface area contributed by atoms with Crippen molar-refractivity contribution in [3.63, 3.8) is 0 Å². The molecule has 2 rings (SSSR count). The lowest BCUT2D eigenvalue weighted by molar-refractivity contribution is -0.125. The Kier molecular flexibility index (Phi) is 7.40. The number of hydrogen-bond donors (Lipinski definition) is 1. The van der Waals surface area contributed by atoms with Gasteiger partial charge in [0.25, 0.3) is 0 Å². The molecule has 7 nitrogen and oxygen atoms in total. The van der Waals surface area contributed by atoms with Gasteiger partial charge in [0.1, 0.15) is 6.07 Å². The fourth-order valence-corrected chi connectivity index (χ4v) is 3.18. The van der Waals surface area contributed by atoms with Crippen LogP contribution < -0.4 is 10.4 Å². The molecule has 0 spiro atoms. The first-order valence-electron chi connectivity index (χ1n) is 10.4. The number of nitrogens with zero attached hydrogens (tertiary/aromatic N) is 5. The van der Waals surface area contributed by atoms with Gasteiger partial charge in [0, 0.05) is 24.8 Å². The average molecular weight is 423 g/mol. The number of amides is 1. The molecule has 166 valence electrons. The summed E-state index contributed by atoms with van der Waals surface area (Å²) in [5.41, 5.74) is 4.97. The molecule has 0 bridgehead atoms. The average Bonchev–Trinajstić information content (AvgIpc) is 2.65. The summed E-state index contributed by atoms with van der Waals surface area (Å²) in [6.45, 7) is 13.2. The van der Waals surface area contributed by atoms with E-state index in [0.29, 0.717) is 18.1 Å². The minimum atomic E-state index is -0.757. The number of nitrogens with one attached hydrogen (secondary N) is 1. The molecule has 0 saturated carbocycles. The van der Waals surface area contributed by atoms with Gasteiger partial charge in [-0.3, -0.25) is 15.2 Å². The largest absolute Gasteiger partial charge is 0.305 e. The van der Waals surface area contributed by atoms with E-state index < -0.39 is 5.41 Å². The number of rotatable bonds is 7. The number of nitriles is 1. The molecular formula is C24H34N6O. The van der Waals surface area contributed by atoms with E-state index in [2.05, 4.69) is 53.2 Å². The first-order chi connectivity index (χ1) is 14.3. The third-order valence-electron chi connectivity index (χ3n) is 4.83. The Morgan fingerprint density at radius 1 is 1.10 bits per heavy atom. The van der Waals surface area contributed by atoms with Gasteiger partial charge < -0.3 is 4.90 Å². The second-order valence-electron chi connectivity index (χ2n) is 9.95. The molecule has 0 atom stereocenters. The number of hydrazine groups is 1. The molecule has 0 unspecified atom stereocenters. The zero-order valence-corrected chi connectivity index (χ0v) is 19.9. The minimum Gasteiger partial charge on any atom is -0.305 e. The standard InChI is InChI=1S/C24H34N6O/c1-17-13-21(27-20(14-25)26-17)30(16-23(2,3)4)28-22(31)24(5,6)19-11-9-18(10-12-19)15-29(7)8/h9-13H,15-16H2,1-8H3,(H,28,31). The van der Waals surface area contributed by atoms with Crippen LogP contribution in [0.1, 0.15) is 57.3 Å². The SMILES string of the molecule is Cc1cc(N(CC(C)(C)C)NC(=O)C(C)(C)c2ccc(CN(C)C)cc2)nc(C#N)n1. The van der Waals surface area contributed by atoms with Crippen molar-refractivity contribution in [3.05, 3.63) is 53.0 Å². The highest BCUT2D eigenvalue weighted by Gasteiger charge is 2.32. The van der Waals surface area contributed by atoms with Crippen LogP contribution in [0.25, 0.3) is 0 Å². The lowest BCUT2D eigenvalue weighted by Crippen LogP contribution is -2.52. The highest BCUT2D eigenvalue weighted by molar-refractivity contribution is 5.88. The van der Waals surface area contributed by atoms with Crippen LogP contribution in [0.2, 0.25) is 0 Å². The van der Waals surface area contributed by atoms with Gasteiger partial charge in [0.15, 0.2) is 5.82 Å². The molecule has 2 aromatic rings. The van der Waals surface area contributed by atoms with E-state index in [0.717, 1.165) is 12.1 Å². The van der Waals surface area contributed by atoms with E-state index >= 15 is 0 Å². The van der Waals surface area contributed by atoms with Gasteiger partial charge in [-0.05, 0) is 51.4 Å². The van der Waals surface area contributed by atoms with Gasteiger partial charge in [0.05, 0.1) is 5.41 Å². The van der Waals surface area contributed by atoms with Crippen LogP contribution >= 0.6 is 0 Å². The van der Waals surface area contributed by atoms with Crippen LogP contribution in [0.3, 0.4) is 0 Å². The fraction of sp³-hybridized carbons (Fsp3) is 0.500. The molecule has 1 aromatic heterocycles. The molecule has 0 fully saturated rings. The van der Waals surface area contributed by atoms with Gasteiger partial charge in [-0.2, -0.15) is 10.2 Å². The molecule has 0 aliphatic rings.